The van der Waals surface area contributed by atoms with E-state index in [0.29, 0.717) is 17.7 Å². The molecule has 0 saturated carbocycles. The minimum absolute atomic E-state index is 0.0494. The Balaban J connectivity index is 2.49. The Morgan fingerprint density at radius 3 is 2.89 bits per heavy atom. The van der Waals surface area contributed by atoms with Crippen molar-refractivity contribution in [2.75, 3.05) is 17.7 Å². The number of rotatable bonds is 1. The summed E-state index contributed by atoms with van der Waals surface area (Å²) in [6, 6.07) is 3.45. The number of carbonyl (C=O) groups is 2. The van der Waals surface area contributed by atoms with Crippen molar-refractivity contribution in [3.8, 4) is 0 Å². The van der Waals surface area contributed by atoms with Gasteiger partial charge in [-0.05, 0) is 35.0 Å². The van der Waals surface area contributed by atoms with Crippen molar-refractivity contribution >= 4 is 39.1 Å². The van der Waals surface area contributed by atoms with Crippen LogP contribution in [0.1, 0.15) is 23.7 Å². The molecule has 0 saturated heterocycles. The van der Waals surface area contributed by atoms with Crippen LogP contribution in [0.3, 0.4) is 0 Å². The summed E-state index contributed by atoms with van der Waals surface area (Å²) in [5.74, 6) is -0.250. The number of benzene rings is 1. The van der Waals surface area contributed by atoms with E-state index in [0.717, 1.165) is 10.2 Å². The molecule has 3 N–H and O–H groups in total. The Labute approximate surface area is 113 Å². The molecule has 0 radical (unpaired) electrons. The minimum Gasteiger partial charge on any atom is -0.379 e. The van der Waals surface area contributed by atoms with Gasteiger partial charge in [-0.1, -0.05) is 0 Å². The standard InChI is InChI=1S/C12H14BrN3O2/c1-6-3-10(17)16-9-5-7(12(18)14-2)4-8(13)11(9)15-6/h4-6,15H,3H2,1-2H3,(H,14,18)(H,16,17)/t6-/m1/s1. The highest BCUT2D eigenvalue weighted by Gasteiger charge is 2.21. The second-order valence-corrected chi connectivity index (χ2v) is 5.11. The molecule has 0 bridgehead atoms. The van der Waals surface area contributed by atoms with Gasteiger partial charge >= 0.3 is 0 Å². The van der Waals surface area contributed by atoms with E-state index < -0.39 is 0 Å². The summed E-state index contributed by atoms with van der Waals surface area (Å²) in [5.41, 5.74) is 1.93. The summed E-state index contributed by atoms with van der Waals surface area (Å²) in [4.78, 5) is 23.3. The molecule has 0 aromatic heterocycles. The van der Waals surface area contributed by atoms with Crippen molar-refractivity contribution < 1.29 is 9.59 Å². The maximum Gasteiger partial charge on any atom is 0.251 e. The number of amides is 2. The molecule has 0 unspecified atom stereocenters. The second-order valence-electron chi connectivity index (χ2n) is 4.26. The van der Waals surface area contributed by atoms with E-state index in [1.54, 1.807) is 19.2 Å². The monoisotopic (exact) mass is 311 g/mol. The molecule has 0 spiro atoms. The van der Waals surface area contributed by atoms with Crippen molar-refractivity contribution in [3.05, 3.63) is 22.2 Å². The molecule has 0 fully saturated rings. The van der Waals surface area contributed by atoms with E-state index in [1.165, 1.54) is 0 Å². The summed E-state index contributed by atoms with van der Waals surface area (Å²) < 4.78 is 0.757. The zero-order valence-electron chi connectivity index (χ0n) is 10.1. The lowest BCUT2D eigenvalue weighted by molar-refractivity contribution is -0.116. The van der Waals surface area contributed by atoms with Crippen molar-refractivity contribution in [2.45, 2.75) is 19.4 Å². The first-order valence-electron chi connectivity index (χ1n) is 5.63. The highest BCUT2D eigenvalue weighted by Crippen LogP contribution is 2.35. The zero-order valence-corrected chi connectivity index (χ0v) is 11.7. The molecule has 1 aromatic carbocycles. The summed E-state index contributed by atoms with van der Waals surface area (Å²) in [5, 5.41) is 8.60. The number of fused-ring (bicyclic) bond motifs is 1. The zero-order chi connectivity index (χ0) is 13.3. The molecule has 2 amide bonds. The summed E-state index contributed by atoms with van der Waals surface area (Å²) in [7, 11) is 1.57. The van der Waals surface area contributed by atoms with E-state index in [9.17, 15) is 9.59 Å². The number of anilines is 2. The Hall–Kier alpha value is -1.56. The van der Waals surface area contributed by atoms with Crippen LogP contribution >= 0.6 is 15.9 Å². The van der Waals surface area contributed by atoms with Gasteiger partial charge in [0.2, 0.25) is 5.91 Å². The fraction of sp³-hybridized carbons (Fsp3) is 0.333. The largest absolute Gasteiger partial charge is 0.379 e. The van der Waals surface area contributed by atoms with Crippen LogP contribution < -0.4 is 16.0 Å². The third-order valence-electron chi connectivity index (χ3n) is 2.74. The Morgan fingerprint density at radius 1 is 1.50 bits per heavy atom. The van der Waals surface area contributed by atoms with Crippen LogP contribution in [0.15, 0.2) is 16.6 Å². The van der Waals surface area contributed by atoms with Gasteiger partial charge < -0.3 is 16.0 Å². The van der Waals surface area contributed by atoms with Gasteiger partial charge in [0.05, 0.1) is 11.4 Å². The molecule has 5 nitrogen and oxygen atoms in total. The SMILES string of the molecule is CNC(=O)c1cc(Br)c2c(c1)NC(=O)C[C@@H](C)N2. The topological polar surface area (TPSA) is 70.2 Å². The molecule has 1 aliphatic rings. The summed E-state index contributed by atoms with van der Waals surface area (Å²) in [6.45, 7) is 1.94. The Kier molecular flexibility index (Phi) is 3.56. The predicted molar refractivity (Wildman–Crippen MR) is 73.9 cm³/mol. The lowest BCUT2D eigenvalue weighted by Gasteiger charge is -2.14. The predicted octanol–water partition coefficient (Wildman–Crippen LogP) is 1.95. The molecule has 6 heteroatoms. The maximum absolute atomic E-state index is 11.7. The van der Waals surface area contributed by atoms with Crippen LogP contribution in [0.4, 0.5) is 11.4 Å². The van der Waals surface area contributed by atoms with Gasteiger partial charge in [-0.15, -0.1) is 0 Å². The van der Waals surface area contributed by atoms with Crippen LogP contribution in [0.5, 0.6) is 0 Å². The van der Waals surface area contributed by atoms with Crippen molar-refractivity contribution in [2.24, 2.45) is 0 Å². The smallest absolute Gasteiger partial charge is 0.251 e. The highest BCUT2D eigenvalue weighted by molar-refractivity contribution is 9.10. The van der Waals surface area contributed by atoms with Crippen LogP contribution in [-0.4, -0.2) is 24.9 Å². The molecule has 2 rings (SSSR count). The van der Waals surface area contributed by atoms with E-state index in [1.807, 2.05) is 6.92 Å². The molecular formula is C12H14BrN3O2. The quantitative estimate of drug-likeness (QED) is 0.742. The van der Waals surface area contributed by atoms with Gasteiger partial charge in [0.15, 0.2) is 0 Å². The molecule has 0 aliphatic carbocycles. The Bertz CT molecular complexity index is 516. The highest BCUT2D eigenvalue weighted by atomic mass is 79.9. The molecule has 1 heterocycles. The fourth-order valence-electron chi connectivity index (χ4n) is 1.90. The average molecular weight is 312 g/mol. The van der Waals surface area contributed by atoms with E-state index in [2.05, 4.69) is 31.9 Å². The first-order valence-corrected chi connectivity index (χ1v) is 6.42. The van der Waals surface area contributed by atoms with Crippen LogP contribution in [0.2, 0.25) is 0 Å². The van der Waals surface area contributed by atoms with E-state index in [-0.39, 0.29) is 17.9 Å². The number of carbonyl (C=O) groups excluding carboxylic acids is 2. The first-order chi connectivity index (χ1) is 8.51. The van der Waals surface area contributed by atoms with Gasteiger partial charge in [-0.25, -0.2) is 0 Å². The lowest BCUT2D eigenvalue weighted by atomic mass is 10.1. The average Bonchev–Trinajstić information content (AvgIpc) is 2.45. The van der Waals surface area contributed by atoms with Gasteiger partial charge in [-0.3, -0.25) is 9.59 Å². The molecule has 1 atom stereocenters. The third kappa shape index (κ3) is 2.48. The first kappa shape index (κ1) is 12.9. The third-order valence-corrected chi connectivity index (χ3v) is 3.36. The summed E-state index contributed by atoms with van der Waals surface area (Å²) >= 11 is 3.42. The Morgan fingerprint density at radius 2 is 2.22 bits per heavy atom. The molecule has 18 heavy (non-hydrogen) atoms. The van der Waals surface area contributed by atoms with Crippen molar-refractivity contribution in [1.82, 2.24) is 5.32 Å². The van der Waals surface area contributed by atoms with E-state index in [4.69, 9.17) is 0 Å². The number of halogens is 1. The molecule has 96 valence electrons. The fourth-order valence-corrected chi connectivity index (χ4v) is 2.48. The lowest BCUT2D eigenvalue weighted by Crippen LogP contribution is -2.18. The number of hydrogen-bond donors (Lipinski definition) is 3. The summed E-state index contributed by atoms with van der Waals surface area (Å²) in [6.07, 6.45) is 0.399. The van der Waals surface area contributed by atoms with Crippen molar-refractivity contribution in [1.29, 1.82) is 0 Å². The van der Waals surface area contributed by atoms with Gasteiger partial charge in [0.1, 0.15) is 0 Å². The van der Waals surface area contributed by atoms with Crippen LogP contribution in [0.25, 0.3) is 0 Å². The van der Waals surface area contributed by atoms with Gasteiger partial charge in [0.25, 0.3) is 5.91 Å². The van der Waals surface area contributed by atoms with E-state index >= 15 is 0 Å². The number of hydrogen-bond acceptors (Lipinski definition) is 3. The molecular weight excluding hydrogens is 298 g/mol. The van der Waals surface area contributed by atoms with Crippen LogP contribution in [0, 0.1) is 0 Å². The second kappa shape index (κ2) is 4.97. The molecule has 1 aromatic rings. The molecule has 1 aliphatic heterocycles. The normalized spacial score (nSPS) is 18.2. The van der Waals surface area contributed by atoms with Crippen molar-refractivity contribution in [3.63, 3.8) is 0 Å². The van der Waals surface area contributed by atoms with Gasteiger partial charge in [-0.2, -0.15) is 0 Å². The minimum atomic E-state index is -0.190. The van der Waals surface area contributed by atoms with Crippen LogP contribution in [-0.2, 0) is 4.79 Å². The van der Waals surface area contributed by atoms with Gasteiger partial charge in [0, 0.05) is 29.5 Å². The maximum atomic E-state index is 11.7. The number of nitrogens with one attached hydrogen (secondary N) is 3.